The quantitative estimate of drug-likeness (QED) is 0.601. The maximum atomic E-state index is 12.2. The minimum atomic E-state index is -3.22. The van der Waals surface area contributed by atoms with Gasteiger partial charge in [0.25, 0.3) is 0 Å². The number of sulfone groups is 1. The second-order valence-electron chi connectivity index (χ2n) is 7.34. The second-order valence-corrected chi connectivity index (χ2v) is 11.1. The summed E-state index contributed by atoms with van der Waals surface area (Å²) < 4.78 is 24.5. The number of benzene rings is 1. The van der Waals surface area contributed by atoms with E-state index in [0.717, 1.165) is 29.7 Å². The molecule has 0 atom stereocenters. The minimum absolute atomic E-state index is 0.169. The van der Waals surface area contributed by atoms with Crippen LogP contribution < -0.4 is 11.1 Å². The third-order valence-electron chi connectivity index (χ3n) is 4.88. The van der Waals surface area contributed by atoms with Crippen LogP contribution in [0, 0.1) is 0 Å². The zero-order valence-electron chi connectivity index (χ0n) is 17.4. The van der Waals surface area contributed by atoms with E-state index in [9.17, 15) is 13.2 Å². The van der Waals surface area contributed by atoms with Gasteiger partial charge in [-0.2, -0.15) is 4.41 Å². The molecule has 0 bridgehead atoms. The molecule has 0 unspecified atom stereocenters. The highest BCUT2D eigenvalue weighted by Crippen LogP contribution is 2.35. The number of nitrogens with one attached hydrogen (secondary N) is 1. The Labute approximate surface area is 190 Å². The van der Waals surface area contributed by atoms with E-state index >= 15 is 0 Å². The molecule has 1 amide bonds. The number of hydrogen-bond acceptors (Lipinski definition) is 10. The van der Waals surface area contributed by atoms with Gasteiger partial charge < -0.3 is 11.1 Å². The van der Waals surface area contributed by atoms with Crippen LogP contribution in [0.15, 0.2) is 34.3 Å². The van der Waals surface area contributed by atoms with Crippen LogP contribution in [-0.2, 0) is 21.1 Å². The summed E-state index contributed by atoms with van der Waals surface area (Å²) in [6, 6.07) is 6.35. The first-order valence-corrected chi connectivity index (χ1v) is 13.8. The lowest BCUT2D eigenvalue weighted by Gasteiger charge is -2.18. The number of amides is 1. The summed E-state index contributed by atoms with van der Waals surface area (Å²) in [5.74, 6) is 0.918. The van der Waals surface area contributed by atoms with Crippen molar-refractivity contribution in [3.05, 3.63) is 34.8 Å². The molecule has 1 aromatic carbocycles. The van der Waals surface area contributed by atoms with Crippen LogP contribution >= 0.6 is 23.3 Å². The van der Waals surface area contributed by atoms with E-state index in [1.807, 2.05) is 6.26 Å². The largest absolute Gasteiger partial charge is 0.366 e. The second kappa shape index (κ2) is 10.4. The number of nitrogens with two attached hydrogens (primary N) is 1. The summed E-state index contributed by atoms with van der Waals surface area (Å²) in [6.07, 6.45) is 9.30. The molecule has 0 radical (unpaired) electrons. The highest BCUT2D eigenvalue weighted by atomic mass is 32.2. The number of hydrogen-bond donors (Lipinski definition) is 2. The standard InChI is InChI=1S/C17H21N3O3S2.C2H5N3S/c1-25(22,23)14-9-7-12(8-10-14)11-15(21)18-17-20-19-16(24-17)13-5-3-2-4-6-13;1-6-5-2(3)4-5/h7-10,13H,2-6,11H2,1H3,(H,18,20,21);1H3,(H2,3,4). The van der Waals surface area contributed by atoms with Crippen molar-refractivity contribution in [1.29, 1.82) is 0 Å². The van der Waals surface area contributed by atoms with E-state index in [2.05, 4.69) is 20.6 Å². The summed E-state index contributed by atoms with van der Waals surface area (Å²) in [7, 11) is -3.22. The van der Waals surface area contributed by atoms with Crippen molar-refractivity contribution in [2.75, 3.05) is 17.8 Å². The van der Waals surface area contributed by atoms with Crippen molar-refractivity contribution in [1.82, 2.24) is 14.6 Å². The first-order valence-electron chi connectivity index (χ1n) is 9.87. The van der Waals surface area contributed by atoms with Gasteiger partial charge in [-0.05, 0) is 42.5 Å². The van der Waals surface area contributed by atoms with Gasteiger partial charge in [0.05, 0.1) is 11.3 Å². The van der Waals surface area contributed by atoms with Crippen LogP contribution in [0.2, 0.25) is 0 Å². The monoisotopic (exact) mass is 482 g/mol. The van der Waals surface area contributed by atoms with Crippen LogP contribution in [0.1, 0.15) is 48.6 Å². The molecule has 0 spiro atoms. The molecule has 2 heterocycles. The number of rotatable bonds is 6. The van der Waals surface area contributed by atoms with Crippen LogP contribution in [0.25, 0.3) is 0 Å². The normalized spacial score (nSPS) is 16.2. The Morgan fingerprint density at radius 1 is 1.23 bits per heavy atom. The molecule has 1 aliphatic heterocycles. The van der Waals surface area contributed by atoms with Gasteiger partial charge in [0, 0.05) is 18.4 Å². The van der Waals surface area contributed by atoms with Gasteiger partial charge in [-0.3, -0.25) is 4.79 Å². The molecule has 1 aromatic heterocycles. The van der Waals surface area contributed by atoms with Gasteiger partial charge in [0.15, 0.2) is 9.84 Å². The number of carbonyl (C=O) groups is 1. The Bertz CT molecular complexity index is 1030. The number of anilines is 1. The smallest absolute Gasteiger partial charge is 0.246 e. The van der Waals surface area contributed by atoms with Gasteiger partial charge in [0.2, 0.25) is 17.0 Å². The summed E-state index contributed by atoms with van der Waals surface area (Å²) in [4.78, 5) is 12.4. The molecule has 3 N–H and O–H groups in total. The summed E-state index contributed by atoms with van der Waals surface area (Å²) in [5.41, 5.74) is 5.88. The Morgan fingerprint density at radius 2 is 1.87 bits per heavy atom. The fourth-order valence-electron chi connectivity index (χ4n) is 3.21. The van der Waals surface area contributed by atoms with Crippen molar-refractivity contribution >= 4 is 50.1 Å². The van der Waals surface area contributed by atoms with Gasteiger partial charge >= 0.3 is 0 Å². The van der Waals surface area contributed by atoms with Crippen molar-refractivity contribution < 1.29 is 13.2 Å². The predicted molar refractivity (Wildman–Crippen MR) is 125 cm³/mol. The van der Waals surface area contributed by atoms with Crippen molar-refractivity contribution in [2.45, 2.75) is 49.3 Å². The number of guanidine groups is 1. The highest BCUT2D eigenvalue weighted by Gasteiger charge is 2.20. The molecule has 1 fully saturated rings. The van der Waals surface area contributed by atoms with Crippen LogP contribution in [0.5, 0.6) is 0 Å². The lowest BCUT2D eigenvalue weighted by atomic mass is 9.90. The zero-order chi connectivity index (χ0) is 22.4. The molecule has 1 aliphatic carbocycles. The zero-order valence-corrected chi connectivity index (χ0v) is 19.9. The summed E-state index contributed by atoms with van der Waals surface area (Å²) >= 11 is 2.95. The summed E-state index contributed by atoms with van der Waals surface area (Å²) in [6.45, 7) is 0. The minimum Gasteiger partial charge on any atom is -0.366 e. The SMILES string of the molecule is CS(=O)(=O)c1ccc(CC(=O)Nc2nnc(C3CCCCC3)s2)cc1.CSN1N=C1N. The molecule has 12 heteroatoms. The maximum absolute atomic E-state index is 12.2. The number of hydrazone groups is 1. The Morgan fingerprint density at radius 3 is 2.39 bits per heavy atom. The first kappa shape index (κ1) is 23.5. The average molecular weight is 483 g/mol. The predicted octanol–water partition coefficient (Wildman–Crippen LogP) is 2.98. The molecule has 168 valence electrons. The average Bonchev–Trinajstić information content (AvgIpc) is 3.27. The maximum Gasteiger partial charge on any atom is 0.246 e. The summed E-state index contributed by atoms with van der Waals surface area (Å²) in [5, 5.41) is 16.3. The van der Waals surface area contributed by atoms with Gasteiger partial charge in [0.1, 0.15) is 5.01 Å². The molecule has 4 rings (SSSR count). The van der Waals surface area contributed by atoms with Crippen LogP contribution in [-0.4, -0.2) is 47.4 Å². The lowest BCUT2D eigenvalue weighted by Crippen LogP contribution is -2.14. The molecule has 9 nitrogen and oxygen atoms in total. The van der Waals surface area contributed by atoms with Crippen molar-refractivity contribution in [2.24, 2.45) is 10.8 Å². The Kier molecular flexibility index (Phi) is 7.89. The Hall–Kier alpha value is -2.18. The van der Waals surface area contributed by atoms with Crippen LogP contribution in [0.3, 0.4) is 0 Å². The van der Waals surface area contributed by atoms with E-state index in [0.29, 0.717) is 17.0 Å². The number of aromatic nitrogens is 2. The van der Waals surface area contributed by atoms with E-state index < -0.39 is 9.84 Å². The topological polar surface area (TPSA) is 130 Å². The fourth-order valence-corrected chi connectivity index (χ4v) is 5.12. The number of carbonyl (C=O) groups excluding carboxylic acids is 1. The molecular weight excluding hydrogens is 456 g/mol. The third-order valence-corrected chi connectivity index (χ3v) is 7.62. The van der Waals surface area contributed by atoms with Gasteiger partial charge in [-0.25, -0.2) is 8.42 Å². The first-order chi connectivity index (χ1) is 14.8. The highest BCUT2D eigenvalue weighted by molar-refractivity contribution is 7.97. The molecule has 2 aliphatic rings. The van der Waals surface area contributed by atoms with Gasteiger partial charge in [-0.15, -0.1) is 15.3 Å². The molecule has 1 saturated carbocycles. The van der Waals surface area contributed by atoms with E-state index in [-0.39, 0.29) is 17.2 Å². The molecule has 31 heavy (non-hydrogen) atoms. The van der Waals surface area contributed by atoms with Crippen molar-refractivity contribution in [3.8, 4) is 0 Å². The van der Waals surface area contributed by atoms with E-state index in [1.165, 1.54) is 54.7 Å². The van der Waals surface area contributed by atoms with E-state index in [4.69, 9.17) is 5.73 Å². The molecular formula is C19H26N6O3S3. The third kappa shape index (κ3) is 7.18. The lowest BCUT2D eigenvalue weighted by molar-refractivity contribution is -0.115. The van der Waals surface area contributed by atoms with E-state index in [1.54, 1.807) is 16.5 Å². The van der Waals surface area contributed by atoms with Crippen LogP contribution in [0.4, 0.5) is 5.13 Å². The number of nitrogens with zero attached hydrogens (tertiary/aromatic N) is 4. The van der Waals surface area contributed by atoms with Crippen molar-refractivity contribution in [3.63, 3.8) is 0 Å². The molecule has 2 aromatic rings. The van der Waals surface area contributed by atoms with Gasteiger partial charge in [-0.1, -0.05) is 42.7 Å². The fraction of sp³-hybridized carbons (Fsp3) is 0.474. The Balaban J connectivity index is 0.000000391. The molecule has 0 saturated heterocycles.